The summed E-state index contributed by atoms with van der Waals surface area (Å²) in [5, 5.41) is 14.0. The molecule has 0 bridgehead atoms. The van der Waals surface area contributed by atoms with Gasteiger partial charge in [-0.25, -0.2) is 9.37 Å². The number of hydrogen-bond acceptors (Lipinski definition) is 6. The first-order valence-electron chi connectivity index (χ1n) is 6.63. The molecule has 2 aromatic rings. The van der Waals surface area contributed by atoms with Gasteiger partial charge in [-0.15, -0.1) is 0 Å². The highest BCUT2D eigenvalue weighted by atomic mass is 19.1. The van der Waals surface area contributed by atoms with Crippen molar-refractivity contribution in [1.29, 1.82) is 0 Å². The molecule has 0 aliphatic carbocycles. The molecular weight excluding hydrogens is 291 g/mol. The first-order chi connectivity index (χ1) is 10.6. The van der Waals surface area contributed by atoms with Crippen molar-refractivity contribution in [2.45, 2.75) is 19.9 Å². The van der Waals surface area contributed by atoms with Gasteiger partial charge in [0.15, 0.2) is 0 Å². The van der Waals surface area contributed by atoms with E-state index in [4.69, 9.17) is 4.74 Å². The Kier molecular flexibility index (Phi) is 4.82. The summed E-state index contributed by atoms with van der Waals surface area (Å²) in [5.41, 5.74) is 0.0171. The molecule has 8 heteroatoms. The summed E-state index contributed by atoms with van der Waals surface area (Å²) in [5.74, 6) is -0.0993. The highest BCUT2D eigenvalue weighted by Gasteiger charge is 2.25. The number of anilines is 1. The highest BCUT2D eigenvalue weighted by molar-refractivity contribution is 5.61. The normalized spacial score (nSPS) is 10.3. The second-order valence-electron chi connectivity index (χ2n) is 4.40. The Morgan fingerprint density at radius 3 is 2.68 bits per heavy atom. The number of aromatic nitrogens is 2. The molecule has 0 amide bonds. The quantitative estimate of drug-likeness (QED) is 0.652. The molecule has 1 aromatic heterocycles. The van der Waals surface area contributed by atoms with Gasteiger partial charge in [0.1, 0.15) is 11.6 Å². The van der Waals surface area contributed by atoms with Crippen LogP contribution in [0.2, 0.25) is 0 Å². The van der Waals surface area contributed by atoms with Crippen LogP contribution in [0.15, 0.2) is 24.3 Å². The lowest BCUT2D eigenvalue weighted by Gasteiger charge is -2.10. The van der Waals surface area contributed by atoms with Gasteiger partial charge in [-0.2, -0.15) is 4.98 Å². The van der Waals surface area contributed by atoms with E-state index in [1.807, 2.05) is 6.92 Å². The zero-order valence-corrected chi connectivity index (χ0v) is 12.2. The molecule has 0 unspecified atom stereocenters. The van der Waals surface area contributed by atoms with E-state index in [0.29, 0.717) is 17.8 Å². The van der Waals surface area contributed by atoms with Gasteiger partial charge in [0.25, 0.3) is 5.88 Å². The van der Waals surface area contributed by atoms with Gasteiger partial charge >= 0.3 is 5.69 Å². The second-order valence-corrected chi connectivity index (χ2v) is 4.40. The molecule has 1 aromatic carbocycles. The predicted molar refractivity (Wildman–Crippen MR) is 78.3 cm³/mol. The molecule has 1 heterocycles. The lowest BCUT2D eigenvalue weighted by atomic mass is 10.2. The van der Waals surface area contributed by atoms with Crippen LogP contribution in [0.1, 0.15) is 18.3 Å². The first kappa shape index (κ1) is 15.6. The van der Waals surface area contributed by atoms with Crippen LogP contribution >= 0.6 is 0 Å². The molecule has 0 aliphatic rings. The maximum atomic E-state index is 13.6. The van der Waals surface area contributed by atoms with E-state index in [1.165, 1.54) is 13.2 Å². The number of nitro groups is 1. The molecule has 22 heavy (non-hydrogen) atoms. The number of ether oxygens (including phenoxy) is 1. The van der Waals surface area contributed by atoms with Crippen LogP contribution in [-0.4, -0.2) is 22.0 Å². The predicted octanol–water partition coefficient (Wildman–Crippen LogP) is 2.71. The minimum Gasteiger partial charge on any atom is -0.476 e. The number of nitrogens with zero attached hydrogens (tertiary/aromatic N) is 3. The monoisotopic (exact) mass is 306 g/mol. The smallest absolute Gasteiger partial charge is 0.372 e. The minimum atomic E-state index is -0.623. The van der Waals surface area contributed by atoms with Crippen LogP contribution in [-0.2, 0) is 13.0 Å². The second kappa shape index (κ2) is 6.79. The van der Waals surface area contributed by atoms with E-state index in [0.717, 1.165) is 0 Å². The molecule has 2 rings (SSSR count). The van der Waals surface area contributed by atoms with E-state index >= 15 is 0 Å². The van der Waals surface area contributed by atoms with Crippen LogP contribution in [0, 0.1) is 15.9 Å². The molecule has 0 spiro atoms. The number of methoxy groups -OCH3 is 1. The zero-order valence-electron chi connectivity index (χ0n) is 12.2. The number of rotatable bonds is 6. The molecule has 116 valence electrons. The fraction of sp³-hybridized carbons (Fsp3) is 0.286. The Balaban J connectivity index is 2.36. The van der Waals surface area contributed by atoms with Gasteiger partial charge in [0, 0.05) is 18.5 Å². The number of aryl methyl sites for hydroxylation is 1. The van der Waals surface area contributed by atoms with Crippen LogP contribution in [0.5, 0.6) is 5.88 Å². The van der Waals surface area contributed by atoms with Crippen LogP contribution in [0.3, 0.4) is 0 Å². The number of halogens is 1. The number of hydrogen-bond donors (Lipinski definition) is 1. The van der Waals surface area contributed by atoms with Gasteiger partial charge in [-0.1, -0.05) is 25.1 Å². The SMILES string of the molecule is CCc1nc(NCc2ccccc2F)c([N+](=O)[O-])c(OC)n1. The lowest BCUT2D eigenvalue weighted by molar-refractivity contribution is -0.385. The molecule has 1 N–H and O–H groups in total. The third-order valence-electron chi connectivity index (χ3n) is 2.99. The summed E-state index contributed by atoms with van der Waals surface area (Å²) in [6, 6.07) is 6.17. The average molecular weight is 306 g/mol. The summed E-state index contributed by atoms with van der Waals surface area (Å²) in [6.45, 7) is 1.89. The van der Waals surface area contributed by atoms with Crippen molar-refractivity contribution in [2.75, 3.05) is 12.4 Å². The molecular formula is C14H15FN4O3. The van der Waals surface area contributed by atoms with E-state index < -0.39 is 10.7 Å². The lowest BCUT2D eigenvalue weighted by Crippen LogP contribution is -2.10. The summed E-state index contributed by atoms with van der Waals surface area (Å²) < 4.78 is 18.6. The fourth-order valence-electron chi connectivity index (χ4n) is 1.89. The molecule has 0 aliphatic heterocycles. The topological polar surface area (TPSA) is 90.2 Å². The molecule has 0 radical (unpaired) electrons. The van der Waals surface area contributed by atoms with Crippen LogP contribution in [0.4, 0.5) is 15.9 Å². The molecule has 0 atom stereocenters. The van der Waals surface area contributed by atoms with E-state index in [9.17, 15) is 14.5 Å². The number of benzene rings is 1. The van der Waals surface area contributed by atoms with Gasteiger partial charge in [-0.3, -0.25) is 10.1 Å². The van der Waals surface area contributed by atoms with Crippen molar-refractivity contribution in [3.63, 3.8) is 0 Å². The van der Waals surface area contributed by atoms with Crippen molar-refractivity contribution in [2.24, 2.45) is 0 Å². The largest absolute Gasteiger partial charge is 0.476 e. The standard InChI is InChI=1S/C14H15FN4O3/c1-3-11-17-13(12(19(20)21)14(18-11)22-2)16-8-9-6-4-5-7-10(9)15/h4-7H,3,8H2,1-2H3,(H,16,17,18). The maximum absolute atomic E-state index is 13.6. The van der Waals surface area contributed by atoms with Crippen molar-refractivity contribution in [3.05, 3.63) is 51.6 Å². The van der Waals surface area contributed by atoms with Gasteiger partial charge in [0.2, 0.25) is 5.82 Å². The number of nitrogens with one attached hydrogen (secondary N) is 1. The third-order valence-corrected chi connectivity index (χ3v) is 2.99. The summed E-state index contributed by atoms with van der Waals surface area (Å²) >= 11 is 0. The Morgan fingerprint density at radius 2 is 2.09 bits per heavy atom. The van der Waals surface area contributed by atoms with Crippen molar-refractivity contribution < 1.29 is 14.1 Å². The van der Waals surface area contributed by atoms with Crippen molar-refractivity contribution in [3.8, 4) is 5.88 Å². The van der Waals surface area contributed by atoms with E-state index in [-0.39, 0.29) is 23.9 Å². The Labute approximate surface area is 126 Å². The van der Waals surface area contributed by atoms with Crippen LogP contribution in [0.25, 0.3) is 0 Å². The molecule has 7 nitrogen and oxygen atoms in total. The summed E-state index contributed by atoms with van der Waals surface area (Å²) in [4.78, 5) is 18.7. The van der Waals surface area contributed by atoms with Crippen LogP contribution < -0.4 is 10.1 Å². The first-order valence-corrected chi connectivity index (χ1v) is 6.63. The van der Waals surface area contributed by atoms with Gasteiger partial charge < -0.3 is 10.1 Å². The molecule has 0 saturated carbocycles. The van der Waals surface area contributed by atoms with Crippen molar-refractivity contribution in [1.82, 2.24) is 9.97 Å². The Hall–Kier alpha value is -2.77. The fourth-order valence-corrected chi connectivity index (χ4v) is 1.89. The average Bonchev–Trinajstić information content (AvgIpc) is 2.52. The van der Waals surface area contributed by atoms with E-state index in [2.05, 4.69) is 15.3 Å². The van der Waals surface area contributed by atoms with Gasteiger partial charge in [0.05, 0.1) is 12.0 Å². The summed E-state index contributed by atoms with van der Waals surface area (Å²) in [7, 11) is 1.30. The van der Waals surface area contributed by atoms with E-state index in [1.54, 1.807) is 18.2 Å². The molecule has 0 fully saturated rings. The zero-order chi connectivity index (χ0) is 16.1. The summed E-state index contributed by atoms with van der Waals surface area (Å²) in [6.07, 6.45) is 0.489. The van der Waals surface area contributed by atoms with Crippen molar-refractivity contribution >= 4 is 11.5 Å². The molecule has 0 saturated heterocycles. The third kappa shape index (κ3) is 3.27. The minimum absolute atomic E-state index is 0.0111. The Morgan fingerprint density at radius 1 is 1.36 bits per heavy atom. The Bertz CT molecular complexity index is 694. The van der Waals surface area contributed by atoms with Gasteiger partial charge in [-0.05, 0) is 6.07 Å². The maximum Gasteiger partial charge on any atom is 0.372 e. The highest BCUT2D eigenvalue weighted by Crippen LogP contribution is 2.32.